The van der Waals surface area contributed by atoms with E-state index in [2.05, 4.69) is 23.1 Å². The molecule has 0 radical (unpaired) electrons. The number of rotatable bonds is 7. The molecule has 1 heterocycles. The van der Waals surface area contributed by atoms with Gasteiger partial charge < -0.3 is 14.7 Å². The minimum Gasteiger partial charge on any atom is -0.496 e. The van der Waals surface area contributed by atoms with Crippen molar-refractivity contribution in [2.24, 2.45) is 5.92 Å². The highest BCUT2D eigenvalue weighted by molar-refractivity contribution is 5.33. The Kier molecular flexibility index (Phi) is 6.34. The van der Waals surface area contributed by atoms with Crippen molar-refractivity contribution in [3.63, 3.8) is 0 Å². The fourth-order valence-corrected chi connectivity index (χ4v) is 3.04. The number of unbranched alkanes of at least 4 members (excludes halogenated alkanes) is 1. The summed E-state index contributed by atoms with van der Waals surface area (Å²) in [5.74, 6) is 1.80. The van der Waals surface area contributed by atoms with Gasteiger partial charge in [0.2, 0.25) is 0 Å². The van der Waals surface area contributed by atoms with Gasteiger partial charge in [0.15, 0.2) is 0 Å². The minimum absolute atomic E-state index is 0.324. The summed E-state index contributed by atoms with van der Waals surface area (Å²) in [5.41, 5.74) is 1.34. The molecule has 3 nitrogen and oxygen atoms in total. The van der Waals surface area contributed by atoms with E-state index in [9.17, 15) is 0 Å². The molecule has 112 valence electrons. The Morgan fingerprint density at radius 2 is 1.95 bits per heavy atom. The molecule has 1 aliphatic heterocycles. The molecule has 0 saturated carbocycles. The number of methoxy groups -OCH3 is 1. The third-order valence-electron chi connectivity index (χ3n) is 4.29. The minimum atomic E-state index is 0.324. The molecular formula is C17H27NO2. The summed E-state index contributed by atoms with van der Waals surface area (Å²) < 4.78 is 5.44. The maximum absolute atomic E-state index is 8.82. The molecule has 1 fully saturated rings. The summed E-state index contributed by atoms with van der Waals surface area (Å²) in [5, 5.41) is 8.82. The summed E-state index contributed by atoms with van der Waals surface area (Å²) in [4.78, 5) is 2.54. The van der Waals surface area contributed by atoms with E-state index in [-0.39, 0.29) is 0 Å². The van der Waals surface area contributed by atoms with Crippen LogP contribution >= 0.6 is 0 Å². The van der Waals surface area contributed by atoms with Crippen LogP contribution in [0.1, 0.15) is 31.2 Å². The highest BCUT2D eigenvalue weighted by Crippen LogP contribution is 2.26. The van der Waals surface area contributed by atoms with Crippen molar-refractivity contribution in [1.82, 2.24) is 4.90 Å². The average Bonchev–Trinajstić information content (AvgIpc) is 2.50. The van der Waals surface area contributed by atoms with E-state index in [1.807, 2.05) is 6.07 Å². The lowest BCUT2D eigenvalue weighted by molar-refractivity contribution is 0.175. The van der Waals surface area contributed by atoms with Crippen LogP contribution < -0.4 is 4.74 Å². The quantitative estimate of drug-likeness (QED) is 0.778. The number of ether oxygens (including phenoxy) is 1. The van der Waals surface area contributed by atoms with Crippen LogP contribution in [0.25, 0.3) is 0 Å². The van der Waals surface area contributed by atoms with Gasteiger partial charge >= 0.3 is 0 Å². The number of nitrogens with zero attached hydrogens (tertiary/aromatic N) is 1. The van der Waals surface area contributed by atoms with Crippen molar-refractivity contribution in [1.29, 1.82) is 0 Å². The number of likely N-dealkylation sites (tertiary alicyclic amines) is 1. The smallest absolute Gasteiger partial charge is 0.122 e. The molecule has 0 spiro atoms. The first kappa shape index (κ1) is 15.3. The fourth-order valence-electron chi connectivity index (χ4n) is 3.04. The van der Waals surface area contributed by atoms with Crippen LogP contribution in [0.15, 0.2) is 24.3 Å². The largest absolute Gasteiger partial charge is 0.496 e. The normalized spacial score (nSPS) is 17.3. The topological polar surface area (TPSA) is 32.7 Å². The molecule has 0 amide bonds. The van der Waals surface area contributed by atoms with Crippen molar-refractivity contribution in [3.8, 4) is 5.75 Å². The molecule has 1 aliphatic rings. The van der Waals surface area contributed by atoms with Crippen molar-refractivity contribution in [2.75, 3.05) is 33.4 Å². The Morgan fingerprint density at radius 1 is 1.20 bits per heavy atom. The lowest BCUT2D eigenvalue weighted by Gasteiger charge is -2.32. The van der Waals surface area contributed by atoms with Crippen LogP contribution in [0.2, 0.25) is 0 Å². The van der Waals surface area contributed by atoms with E-state index < -0.39 is 0 Å². The van der Waals surface area contributed by atoms with Crippen LogP contribution in [0.5, 0.6) is 5.75 Å². The molecule has 0 atom stereocenters. The Hall–Kier alpha value is -1.06. The number of benzene rings is 1. The highest BCUT2D eigenvalue weighted by Gasteiger charge is 2.20. The Labute approximate surface area is 122 Å². The molecule has 1 N–H and O–H groups in total. The Bertz CT molecular complexity index is 386. The van der Waals surface area contributed by atoms with Gasteiger partial charge in [-0.3, -0.25) is 0 Å². The van der Waals surface area contributed by atoms with Crippen LogP contribution in [0, 0.1) is 5.92 Å². The van der Waals surface area contributed by atoms with Gasteiger partial charge in [-0.25, -0.2) is 0 Å². The number of hydrogen-bond donors (Lipinski definition) is 1. The summed E-state index contributed by atoms with van der Waals surface area (Å²) >= 11 is 0. The molecular weight excluding hydrogens is 250 g/mol. The van der Waals surface area contributed by atoms with Gasteiger partial charge in [0.25, 0.3) is 0 Å². The van der Waals surface area contributed by atoms with Gasteiger partial charge in [-0.2, -0.15) is 0 Å². The number of aliphatic hydroxyl groups excluding tert-OH is 1. The van der Waals surface area contributed by atoms with Crippen LogP contribution in [0.4, 0.5) is 0 Å². The first-order chi connectivity index (χ1) is 9.83. The van der Waals surface area contributed by atoms with Crippen LogP contribution in [-0.4, -0.2) is 43.4 Å². The molecule has 3 heteroatoms. The third-order valence-corrected chi connectivity index (χ3v) is 4.29. The number of aliphatic hydroxyl groups is 1. The van der Waals surface area contributed by atoms with Gasteiger partial charge in [0.05, 0.1) is 7.11 Å². The molecule has 20 heavy (non-hydrogen) atoms. The predicted octanol–water partition coefficient (Wildman–Crippen LogP) is 2.72. The Morgan fingerprint density at radius 3 is 2.65 bits per heavy atom. The second-order valence-electron chi connectivity index (χ2n) is 5.73. The number of para-hydroxylation sites is 1. The maximum atomic E-state index is 8.82. The third kappa shape index (κ3) is 4.50. The van der Waals surface area contributed by atoms with Gasteiger partial charge in [-0.15, -0.1) is 0 Å². The van der Waals surface area contributed by atoms with E-state index in [4.69, 9.17) is 9.84 Å². The zero-order chi connectivity index (χ0) is 14.2. The summed E-state index contributed by atoms with van der Waals surface area (Å²) in [6.07, 6.45) is 5.73. The van der Waals surface area contributed by atoms with Crippen molar-refractivity contribution in [2.45, 2.75) is 32.1 Å². The van der Waals surface area contributed by atoms with E-state index >= 15 is 0 Å². The number of hydrogen-bond acceptors (Lipinski definition) is 3. The summed E-state index contributed by atoms with van der Waals surface area (Å²) in [6, 6.07) is 8.37. The van der Waals surface area contributed by atoms with Crippen LogP contribution in [0.3, 0.4) is 0 Å². The average molecular weight is 277 g/mol. The SMILES string of the molecule is COc1ccccc1CC1CCN(CCCCO)CC1. The lowest BCUT2D eigenvalue weighted by atomic mass is 9.90. The molecule has 0 aromatic heterocycles. The predicted molar refractivity (Wildman–Crippen MR) is 82.2 cm³/mol. The monoisotopic (exact) mass is 277 g/mol. The molecule has 1 aromatic carbocycles. The zero-order valence-electron chi connectivity index (χ0n) is 12.6. The molecule has 1 saturated heterocycles. The van der Waals surface area contributed by atoms with E-state index in [1.165, 1.54) is 31.5 Å². The second-order valence-corrected chi connectivity index (χ2v) is 5.73. The van der Waals surface area contributed by atoms with Gasteiger partial charge in [0, 0.05) is 6.61 Å². The zero-order valence-corrected chi connectivity index (χ0v) is 12.6. The van der Waals surface area contributed by atoms with Gasteiger partial charge in [-0.1, -0.05) is 18.2 Å². The van der Waals surface area contributed by atoms with Crippen molar-refractivity contribution in [3.05, 3.63) is 29.8 Å². The molecule has 0 unspecified atom stereocenters. The molecule has 0 aliphatic carbocycles. The standard InChI is InChI=1S/C17H27NO2/c1-20-17-7-3-2-6-16(17)14-15-8-11-18(12-9-15)10-4-5-13-19/h2-3,6-7,15,19H,4-5,8-14H2,1H3. The van der Waals surface area contributed by atoms with E-state index in [0.717, 1.165) is 37.5 Å². The first-order valence-electron chi connectivity index (χ1n) is 7.78. The molecule has 2 rings (SSSR count). The second kappa shape index (κ2) is 8.28. The van der Waals surface area contributed by atoms with Gasteiger partial charge in [-0.05, 0) is 69.3 Å². The van der Waals surface area contributed by atoms with Gasteiger partial charge in [0.1, 0.15) is 5.75 Å². The highest BCUT2D eigenvalue weighted by atomic mass is 16.5. The van der Waals surface area contributed by atoms with E-state index in [1.54, 1.807) is 7.11 Å². The molecule has 1 aromatic rings. The summed E-state index contributed by atoms with van der Waals surface area (Å²) in [6.45, 7) is 3.86. The number of piperidine rings is 1. The maximum Gasteiger partial charge on any atom is 0.122 e. The fraction of sp³-hybridized carbons (Fsp3) is 0.647. The van der Waals surface area contributed by atoms with E-state index in [0.29, 0.717) is 6.61 Å². The Balaban J connectivity index is 1.76. The first-order valence-corrected chi connectivity index (χ1v) is 7.78. The van der Waals surface area contributed by atoms with Crippen molar-refractivity contribution < 1.29 is 9.84 Å². The summed E-state index contributed by atoms with van der Waals surface area (Å²) in [7, 11) is 1.75. The van der Waals surface area contributed by atoms with Crippen molar-refractivity contribution >= 4 is 0 Å². The molecule has 0 bridgehead atoms. The van der Waals surface area contributed by atoms with Crippen LogP contribution in [-0.2, 0) is 6.42 Å². The lowest BCUT2D eigenvalue weighted by Crippen LogP contribution is -2.35.